The van der Waals surface area contributed by atoms with Gasteiger partial charge in [-0.15, -0.1) is 5.10 Å². The minimum atomic E-state index is -0.514. The number of rotatable bonds is 5. The molecule has 1 amide bonds. The van der Waals surface area contributed by atoms with Crippen LogP contribution in [0.4, 0.5) is 14.9 Å². The predicted octanol–water partition coefficient (Wildman–Crippen LogP) is 2.60. The number of carbonyl (C=O) groups excluding carboxylic acids is 1. The van der Waals surface area contributed by atoms with Crippen molar-refractivity contribution in [1.29, 1.82) is 0 Å². The van der Waals surface area contributed by atoms with Crippen molar-refractivity contribution in [2.45, 2.75) is 19.3 Å². The van der Waals surface area contributed by atoms with Gasteiger partial charge < -0.3 is 9.84 Å². The van der Waals surface area contributed by atoms with Crippen molar-refractivity contribution in [3.63, 3.8) is 0 Å². The second-order valence-electron chi connectivity index (χ2n) is 6.26. The summed E-state index contributed by atoms with van der Waals surface area (Å²) in [6.07, 6.45) is 2.34. The van der Waals surface area contributed by atoms with E-state index in [0.717, 1.165) is 5.56 Å². The van der Waals surface area contributed by atoms with Gasteiger partial charge in [0, 0.05) is 11.8 Å². The van der Waals surface area contributed by atoms with Gasteiger partial charge in [0.1, 0.15) is 11.9 Å². The number of hydrogen-bond donors (Lipinski definition) is 1. The van der Waals surface area contributed by atoms with E-state index < -0.39 is 11.9 Å². The van der Waals surface area contributed by atoms with Crippen molar-refractivity contribution in [2.75, 3.05) is 11.4 Å². The summed E-state index contributed by atoms with van der Waals surface area (Å²) in [6.45, 7) is 0.636. The Morgan fingerprint density at radius 3 is 2.70 bits per heavy atom. The van der Waals surface area contributed by atoms with Gasteiger partial charge >= 0.3 is 6.09 Å². The van der Waals surface area contributed by atoms with Crippen LogP contribution < -0.4 is 4.90 Å². The molecule has 2 heterocycles. The number of amides is 1. The van der Waals surface area contributed by atoms with Gasteiger partial charge in [-0.25, -0.2) is 13.9 Å². The van der Waals surface area contributed by atoms with Gasteiger partial charge in [0.2, 0.25) is 0 Å². The van der Waals surface area contributed by atoms with E-state index in [1.807, 2.05) is 0 Å². The van der Waals surface area contributed by atoms with E-state index in [0.29, 0.717) is 29.9 Å². The van der Waals surface area contributed by atoms with Crippen molar-refractivity contribution in [3.8, 4) is 11.1 Å². The maximum atomic E-state index is 14.7. The first kappa shape index (κ1) is 17.2. The minimum absolute atomic E-state index is 0.0610. The summed E-state index contributed by atoms with van der Waals surface area (Å²) in [5, 5.41) is 16.7. The van der Waals surface area contributed by atoms with Crippen LogP contribution in [0.5, 0.6) is 0 Å². The van der Waals surface area contributed by atoms with E-state index in [9.17, 15) is 9.18 Å². The average molecular weight is 368 g/mol. The summed E-state index contributed by atoms with van der Waals surface area (Å²) < 4.78 is 21.6. The second-order valence-corrected chi connectivity index (χ2v) is 6.26. The fourth-order valence-corrected chi connectivity index (χ4v) is 3.06. The van der Waals surface area contributed by atoms with E-state index in [4.69, 9.17) is 9.84 Å². The van der Waals surface area contributed by atoms with E-state index in [1.54, 1.807) is 53.5 Å². The molecule has 1 aliphatic heterocycles. The molecule has 1 saturated heterocycles. The molecule has 138 valence electrons. The Labute approximate surface area is 154 Å². The summed E-state index contributed by atoms with van der Waals surface area (Å²) in [5.74, 6) is -0.434. The number of hydrogen-bond acceptors (Lipinski definition) is 5. The Morgan fingerprint density at radius 2 is 2.04 bits per heavy atom. The highest BCUT2D eigenvalue weighted by Crippen LogP contribution is 2.29. The topological polar surface area (TPSA) is 80.5 Å². The number of cyclic esters (lactones) is 1. The third-order valence-electron chi connectivity index (χ3n) is 4.45. The molecular formula is C19H17FN4O3. The zero-order valence-corrected chi connectivity index (χ0v) is 14.3. The van der Waals surface area contributed by atoms with Crippen LogP contribution in [0, 0.1) is 5.82 Å². The van der Waals surface area contributed by atoms with Gasteiger partial charge in [-0.3, -0.25) is 4.90 Å². The third-order valence-corrected chi connectivity index (χ3v) is 4.45. The van der Waals surface area contributed by atoms with Crippen LogP contribution in [0.3, 0.4) is 0 Å². The summed E-state index contributed by atoms with van der Waals surface area (Å²) in [6, 6.07) is 11.6. The molecule has 0 bridgehead atoms. The lowest BCUT2D eigenvalue weighted by Crippen LogP contribution is -2.26. The monoisotopic (exact) mass is 368 g/mol. The highest BCUT2D eigenvalue weighted by molar-refractivity contribution is 5.90. The Morgan fingerprint density at radius 1 is 1.22 bits per heavy atom. The number of ether oxygens (including phenoxy) is 1. The summed E-state index contributed by atoms with van der Waals surface area (Å²) in [5.41, 5.74) is 2.32. The van der Waals surface area contributed by atoms with E-state index in [1.165, 1.54) is 11.0 Å². The molecule has 1 aliphatic rings. The first-order valence-corrected chi connectivity index (χ1v) is 8.46. The molecule has 0 aliphatic carbocycles. The molecule has 1 aromatic heterocycles. The van der Waals surface area contributed by atoms with Crippen LogP contribution in [0.1, 0.15) is 5.56 Å². The van der Waals surface area contributed by atoms with E-state index in [2.05, 4.69) is 10.3 Å². The molecule has 7 nitrogen and oxygen atoms in total. The Bertz CT molecular complexity index is 944. The molecule has 4 rings (SSSR count). The largest absolute Gasteiger partial charge is 0.442 e. The van der Waals surface area contributed by atoms with Gasteiger partial charge in [-0.1, -0.05) is 29.5 Å². The van der Waals surface area contributed by atoms with Gasteiger partial charge in [-0.05, 0) is 29.3 Å². The second kappa shape index (κ2) is 7.16. The molecule has 8 heteroatoms. The van der Waals surface area contributed by atoms with Crippen molar-refractivity contribution < 1.29 is 19.0 Å². The lowest BCUT2D eigenvalue weighted by Gasteiger charge is -2.14. The van der Waals surface area contributed by atoms with Gasteiger partial charge in [0.25, 0.3) is 0 Å². The fraction of sp³-hybridized carbons (Fsp3) is 0.211. The van der Waals surface area contributed by atoms with Crippen molar-refractivity contribution in [2.24, 2.45) is 0 Å². The molecule has 1 N–H and O–H groups in total. The van der Waals surface area contributed by atoms with Crippen molar-refractivity contribution >= 4 is 11.8 Å². The quantitative estimate of drug-likeness (QED) is 0.749. The SMILES string of the molecule is O=C1O[C@@H](Cn2ccnn2)CN1c1ccc(-c2ccc(CO)cc2)c(F)c1. The van der Waals surface area contributed by atoms with Crippen LogP contribution in [-0.4, -0.2) is 38.8 Å². The summed E-state index contributed by atoms with van der Waals surface area (Å²) >= 11 is 0. The zero-order chi connectivity index (χ0) is 18.8. The third kappa shape index (κ3) is 3.52. The standard InChI is InChI=1S/C19H17FN4O3/c20-18-9-15(5-6-17(18)14-3-1-13(12-25)2-4-14)24-11-16(27-19(24)26)10-23-8-7-21-22-23/h1-9,16,25H,10-12H2/t16-/m0/s1. The van der Waals surface area contributed by atoms with Gasteiger partial charge in [0.15, 0.2) is 0 Å². The minimum Gasteiger partial charge on any atom is -0.442 e. The highest BCUT2D eigenvalue weighted by atomic mass is 19.1. The van der Waals surface area contributed by atoms with E-state index >= 15 is 0 Å². The molecule has 3 aromatic rings. The number of aromatic nitrogens is 3. The first-order valence-electron chi connectivity index (χ1n) is 8.46. The van der Waals surface area contributed by atoms with Crippen LogP contribution >= 0.6 is 0 Å². The molecule has 27 heavy (non-hydrogen) atoms. The number of aliphatic hydroxyl groups is 1. The van der Waals surface area contributed by atoms with Crippen LogP contribution in [-0.2, 0) is 17.9 Å². The van der Waals surface area contributed by atoms with E-state index in [-0.39, 0.29) is 12.7 Å². The number of carbonyl (C=O) groups is 1. The normalized spacial score (nSPS) is 16.6. The number of benzene rings is 2. The number of nitrogens with zero attached hydrogens (tertiary/aromatic N) is 4. The molecule has 0 unspecified atom stereocenters. The van der Waals surface area contributed by atoms with Gasteiger partial charge in [-0.2, -0.15) is 0 Å². The van der Waals surface area contributed by atoms with Crippen LogP contribution in [0.15, 0.2) is 54.9 Å². The first-order chi connectivity index (χ1) is 13.1. The molecule has 1 fully saturated rings. The Hall–Kier alpha value is -3.26. The van der Waals surface area contributed by atoms with Gasteiger partial charge in [0.05, 0.1) is 31.6 Å². The number of halogens is 1. The number of anilines is 1. The molecular weight excluding hydrogens is 351 g/mol. The Kier molecular flexibility index (Phi) is 4.55. The lowest BCUT2D eigenvalue weighted by molar-refractivity contribution is 0.129. The fourth-order valence-electron chi connectivity index (χ4n) is 3.06. The van der Waals surface area contributed by atoms with Crippen LogP contribution in [0.2, 0.25) is 0 Å². The lowest BCUT2D eigenvalue weighted by atomic mass is 10.0. The molecule has 0 spiro atoms. The zero-order valence-electron chi connectivity index (χ0n) is 14.3. The summed E-state index contributed by atoms with van der Waals surface area (Å²) in [4.78, 5) is 13.6. The predicted molar refractivity (Wildman–Crippen MR) is 95.4 cm³/mol. The maximum Gasteiger partial charge on any atom is 0.414 e. The molecule has 0 saturated carbocycles. The van der Waals surface area contributed by atoms with Crippen LogP contribution in [0.25, 0.3) is 11.1 Å². The molecule has 2 aromatic carbocycles. The Balaban J connectivity index is 1.52. The highest BCUT2D eigenvalue weighted by Gasteiger charge is 2.33. The maximum absolute atomic E-state index is 14.7. The summed E-state index contributed by atoms with van der Waals surface area (Å²) in [7, 11) is 0. The van der Waals surface area contributed by atoms with Crippen molar-refractivity contribution in [3.05, 3.63) is 66.2 Å². The molecule has 1 atom stereocenters. The molecule has 0 radical (unpaired) electrons. The van der Waals surface area contributed by atoms with Crippen molar-refractivity contribution in [1.82, 2.24) is 15.0 Å². The average Bonchev–Trinajstić information content (AvgIpc) is 3.31. The number of aliphatic hydroxyl groups excluding tert-OH is 1. The smallest absolute Gasteiger partial charge is 0.414 e.